The summed E-state index contributed by atoms with van der Waals surface area (Å²) in [6, 6.07) is 12.2. The molecule has 4 atom stereocenters. The van der Waals surface area contributed by atoms with Crippen LogP contribution in [0.25, 0.3) is 11.6 Å². The van der Waals surface area contributed by atoms with E-state index < -0.39 is 29.3 Å². The van der Waals surface area contributed by atoms with Crippen molar-refractivity contribution in [2.75, 3.05) is 11.9 Å². The molecule has 0 fully saturated rings. The van der Waals surface area contributed by atoms with Crippen molar-refractivity contribution in [2.24, 2.45) is 17.8 Å². The van der Waals surface area contributed by atoms with Gasteiger partial charge in [0.05, 0.1) is 6.61 Å². The molecule has 0 aliphatic carbocycles. The number of fused-ring (bicyclic) bond motifs is 8. The Hall–Kier alpha value is -4.48. The number of benzene rings is 2. The number of Topliss-reactive ketones (excluding diaryl/α,β-unsaturated/α-hetero) is 1. The van der Waals surface area contributed by atoms with Gasteiger partial charge in [-0.25, -0.2) is 9.97 Å². The summed E-state index contributed by atoms with van der Waals surface area (Å²) in [5, 5.41) is 38.3. The van der Waals surface area contributed by atoms with Crippen LogP contribution >= 0.6 is 0 Å². The predicted octanol–water partition coefficient (Wildman–Crippen LogP) is 4.89. The first kappa shape index (κ1) is 32.9. The molecule has 2 aliphatic rings. The Kier molecular flexibility index (Phi) is 9.10. The van der Waals surface area contributed by atoms with Gasteiger partial charge in [-0.15, -0.1) is 0 Å². The van der Waals surface area contributed by atoms with Crippen molar-refractivity contribution in [2.45, 2.75) is 72.1 Å². The molecule has 4 bridgehead atoms. The van der Waals surface area contributed by atoms with Crippen molar-refractivity contribution < 1.29 is 33.7 Å². The van der Waals surface area contributed by atoms with Crippen molar-refractivity contribution in [1.82, 2.24) is 15.3 Å². The third-order valence-corrected chi connectivity index (χ3v) is 8.89. The van der Waals surface area contributed by atoms with E-state index >= 15 is 0 Å². The SMILES string of the molecule is C.CC(C)[C@H](O)C(=O)C[C@H]1Cc2ccc(O)c(c2)[C@]2(CNc3ccccc32)c2oc(nc2-c2nc(CO)co2)[C@H](C(C)C)NC1=O. The van der Waals surface area contributed by atoms with Gasteiger partial charge in [0.1, 0.15) is 35.3 Å². The first-order valence-electron chi connectivity index (χ1n) is 15.3. The molecule has 46 heavy (non-hydrogen) atoms. The number of rotatable bonds is 7. The average Bonchev–Trinajstić information content (AvgIpc) is 3.76. The zero-order valence-corrected chi connectivity index (χ0v) is 25.7. The molecular weight excluding hydrogens is 588 g/mol. The van der Waals surface area contributed by atoms with Crippen LogP contribution in [0.5, 0.6) is 5.75 Å². The number of hydrogen-bond acceptors (Lipinski definition) is 10. The molecule has 6 rings (SSSR count). The van der Waals surface area contributed by atoms with Crippen LogP contribution in [-0.2, 0) is 28.0 Å². The Bertz CT molecular complexity index is 1740. The molecule has 244 valence electrons. The number of para-hydroxylation sites is 1. The fraction of sp³-hybridized carbons (Fsp3) is 0.429. The fourth-order valence-corrected chi connectivity index (χ4v) is 6.40. The van der Waals surface area contributed by atoms with E-state index in [0.29, 0.717) is 23.6 Å². The van der Waals surface area contributed by atoms with E-state index in [-0.39, 0.29) is 67.8 Å². The number of amides is 1. The molecule has 0 saturated carbocycles. The number of phenolic OH excluding ortho intramolecular Hbond substituents is 1. The van der Waals surface area contributed by atoms with Crippen molar-refractivity contribution >= 4 is 17.4 Å². The molecule has 4 heterocycles. The van der Waals surface area contributed by atoms with E-state index in [4.69, 9.17) is 13.8 Å². The molecule has 11 nitrogen and oxygen atoms in total. The van der Waals surface area contributed by atoms with E-state index in [9.17, 15) is 24.9 Å². The van der Waals surface area contributed by atoms with Crippen LogP contribution in [0, 0.1) is 17.8 Å². The minimum Gasteiger partial charge on any atom is -0.508 e. The molecule has 5 N–H and O–H groups in total. The highest BCUT2D eigenvalue weighted by atomic mass is 16.4. The zero-order chi connectivity index (χ0) is 32.0. The van der Waals surface area contributed by atoms with Gasteiger partial charge < -0.3 is 34.8 Å². The van der Waals surface area contributed by atoms with Gasteiger partial charge in [-0.3, -0.25) is 9.59 Å². The second-order valence-electron chi connectivity index (χ2n) is 12.7. The van der Waals surface area contributed by atoms with Crippen LogP contribution in [-0.4, -0.2) is 49.6 Å². The maximum Gasteiger partial charge on any atom is 0.249 e. The Morgan fingerprint density at radius 2 is 1.87 bits per heavy atom. The van der Waals surface area contributed by atoms with E-state index in [0.717, 1.165) is 16.8 Å². The van der Waals surface area contributed by atoms with Gasteiger partial charge in [0, 0.05) is 30.1 Å². The summed E-state index contributed by atoms with van der Waals surface area (Å²) < 4.78 is 12.5. The Morgan fingerprint density at radius 1 is 1.11 bits per heavy atom. The molecular formula is C35H42N4O7. The number of aliphatic hydroxyl groups excluding tert-OH is 2. The van der Waals surface area contributed by atoms with Crippen LogP contribution in [0.2, 0.25) is 0 Å². The summed E-state index contributed by atoms with van der Waals surface area (Å²) in [7, 11) is 0. The highest BCUT2D eigenvalue weighted by Crippen LogP contribution is 2.52. The van der Waals surface area contributed by atoms with E-state index in [1.807, 2.05) is 44.2 Å². The summed E-state index contributed by atoms with van der Waals surface area (Å²) in [5.74, 6) is -1.36. The van der Waals surface area contributed by atoms with Gasteiger partial charge >= 0.3 is 0 Å². The molecule has 11 heteroatoms. The zero-order valence-electron chi connectivity index (χ0n) is 25.7. The molecule has 0 radical (unpaired) electrons. The highest BCUT2D eigenvalue weighted by Gasteiger charge is 2.50. The van der Waals surface area contributed by atoms with Crippen molar-refractivity contribution in [3.63, 3.8) is 0 Å². The lowest BCUT2D eigenvalue weighted by Gasteiger charge is -2.31. The van der Waals surface area contributed by atoms with Crippen LogP contribution < -0.4 is 10.6 Å². The van der Waals surface area contributed by atoms with E-state index in [2.05, 4.69) is 15.6 Å². The molecule has 2 aliphatic heterocycles. The molecule has 0 unspecified atom stereocenters. The average molecular weight is 631 g/mol. The largest absolute Gasteiger partial charge is 0.508 e. The smallest absolute Gasteiger partial charge is 0.249 e. The lowest BCUT2D eigenvalue weighted by molar-refractivity contribution is -0.135. The first-order chi connectivity index (χ1) is 21.5. The van der Waals surface area contributed by atoms with Crippen LogP contribution in [0.4, 0.5) is 5.69 Å². The van der Waals surface area contributed by atoms with Gasteiger partial charge in [-0.05, 0) is 41.5 Å². The lowest BCUT2D eigenvalue weighted by atomic mass is 9.72. The van der Waals surface area contributed by atoms with Gasteiger partial charge in [-0.2, -0.15) is 0 Å². The standard InChI is InChI=1S/C34H38N4O7.CH4/c1-17(2)27-33-38-28(32-36-21(14-39)15-44-32)30(45-33)34(16-35-24-8-6-5-7-22(24)34)23-12-19(9-10-25(23)40)11-20(31(43)37-27)13-26(41)29(42)18(3)4;/h5-10,12,15,17-18,20,27,29,35,39-40,42H,11,13-14,16H2,1-4H3,(H,37,43);1H4/t20-,27+,29+,34-;/m1./s1. The number of phenols is 1. The first-order valence-corrected chi connectivity index (χ1v) is 15.3. The molecule has 1 amide bonds. The topological polar surface area (TPSA) is 171 Å². The molecule has 4 aromatic rings. The molecule has 1 spiro atoms. The number of aliphatic hydroxyl groups is 2. The van der Waals surface area contributed by atoms with Crippen LogP contribution in [0.1, 0.15) is 81.6 Å². The quantitative estimate of drug-likeness (QED) is 0.189. The lowest BCUT2D eigenvalue weighted by Crippen LogP contribution is -2.40. The maximum absolute atomic E-state index is 13.9. The van der Waals surface area contributed by atoms with Crippen molar-refractivity contribution in [3.8, 4) is 17.3 Å². The minimum absolute atomic E-state index is 0. The highest BCUT2D eigenvalue weighted by molar-refractivity contribution is 5.89. The number of aromatic nitrogens is 2. The number of carbonyl (C=O) groups is 2. The molecule has 2 aromatic carbocycles. The van der Waals surface area contributed by atoms with Gasteiger partial charge in [0.25, 0.3) is 0 Å². The monoisotopic (exact) mass is 630 g/mol. The predicted molar refractivity (Wildman–Crippen MR) is 171 cm³/mol. The number of hydrogen-bond donors (Lipinski definition) is 5. The second-order valence-corrected chi connectivity index (χ2v) is 12.7. The van der Waals surface area contributed by atoms with Crippen molar-refractivity contribution in [1.29, 1.82) is 0 Å². The van der Waals surface area contributed by atoms with E-state index in [1.165, 1.54) is 6.26 Å². The third kappa shape index (κ3) is 5.58. The summed E-state index contributed by atoms with van der Waals surface area (Å²) >= 11 is 0. The summed E-state index contributed by atoms with van der Waals surface area (Å²) in [6.07, 6.45) is 0.192. The number of nitrogens with zero attached hydrogens (tertiary/aromatic N) is 2. The number of oxazole rings is 2. The van der Waals surface area contributed by atoms with E-state index in [1.54, 1.807) is 26.0 Å². The third-order valence-electron chi connectivity index (χ3n) is 8.89. The number of nitrogens with one attached hydrogen (secondary N) is 2. The second kappa shape index (κ2) is 12.7. The van der Waals surface area contributed by atoms with Crippen LogP contribution in [0.3, 0.4) is 0 Å². The Morgan fingerprint density at radius 3 is 2.57 bits per heavy atom. The maximum atomic E-state index is 13.9. The van der Waals surface area contributed by atoms with Gasteiger partial charge in [0.2, 0.25) is 17.7 Å². The van der Waals surface area contributed by atoms with Gasteiger partial charge in [0.15, 0.2) is 17.2 Å². The summed E-state index contributed by atoms with van der Waals surface area (Å²) in [6.45, 7) is 7.33. The summed E-state index contributed by atoms with van der Waals surface area (Å²) in [4.78, 5) is 36.3. The van der Waals surface area contributed by atoms with Crippen molar-refractivity contribution in [3.05, 3.63) is 82.8 Å². The molecule has 2 aromatic heterocycles. The Balaban J connectivity index is 0.00000417. The number of ketones is 1. The summed E-state index contributed by atoms with van der Waals surface area (Å²) in [5.41, 5.74) is 2.41. The Labute approximate surface area is 268 Å². The number of aromatic hydroxyl groups is 1. The molecule has 0 saturated heterocycles. The van der Waals surface area contributed by atoms with Gasteiger partial charge in [-0.1, -0.05) is 65.5 Å². The number of carbonyl (C=O) groups excluding carboxylic acids is 2. The van der Waals surface area contributed by atoms with Crippen LogP contribution in [0.15, 0.2) is 57.6 Å². The normalized spacial score (nSPS) is 21.2. The number of anilines is 1. The minimum atomic E-state index is -1.19. The fourth-order valence-electron chi connectivity index (χ4n) is 6.40.